The Labute approximate surface area is 242 Å². The van der Waals surface area contributed by atoms with Gasteiger partial charge in [-0.25, -0.2) is 8.60 Å². The third kappa shape index (κ3) is 9.28. The number of hydrogen-bond acceptors (Lipinski definition) is 4. The molecule has 0 fully saturated rings. The van der Waals surface area contributed by atoms with E-state index in [1.807, 2.05) is 26.8 Å². The van der Waals surface area contributed by atoms with E-state index in [0.717, 1.165) is 52.8 Å². The zero-order valence-electron chi connectivity index (χ0n) is 25.4. The van der Waals surface area contributed by atoms with Gasteiger partial charge in [0.2, 0.25) is 0 Å². The van der Waals surface area contributed by atoms with Crippen LogP contribution in [0, 0.1) is 31.0 Å². The van der Waals surface area contributed by atoms with E-state index in [1.165, 1.54) is 12.3 Å². The largest absolute Gasteiger partial charge is 0.481 e. The molecule has 0 saturated heterocycles. The van der Waals surface area contributed by atoms with E-state index < -0.39 is 28.4 Å². The molecule has 1 aromatic heterocycles. The third-order valence-corrected chi connectivity index (χ3v) is 7.32. The molecule has 0 saturated carbocycles. The van der Waals surface area contributed by atoms with E-state index in [4.69, 9.17) is 5.11 Å². The van der Waals surface area contributed by atoms with E-state index in [-0.39, 0.29) is 18.4 Å². The van der Waals surface area contributed by atoms with Crippen molar-refractivity contribution in [3.8, 4) is 24.1 Å². The Morgan fingerprint density at radius 1 is 1.20 bits per heavy atom. The number of hydrogen-bond donors (Lipinski definition) is 2. The van der Waals surface area contributed by atoms with Gasteiger partial charge in [-0.2, -0.15) is 0 Å². The van der Waals surface area contributed by atoms with Gasteiger partial charge in [-0.1, -0.05) is 33.8 Å². The molecule has 1 aromatic carbocycles. The highest BCUT2D eigenvalue weighted by atomic mass is 32.2. The summed E-state index contributed by atoms with van der Waals surface area (Å²) >= 11 is 0. The highest BCUT2D eigenvalue weighted by molar-refractivity contribution is 7.85. The maximum absolute atomic E-state index is 13.9. The summed E-state index contributed by atoms with van der Waals surface area (Å²) in [4.78, 5) is 16.1. The second-order valence-corrected chi connectivity index (χ2v) is 12.7. The van der Waals surface area contributed by atoms with Crippen molar-refractivity contribution in [2.24, 2.45) is 5.41 Å². The number of benzene rings is 1. The topological polar surface area (TPSA) is 90.7 Å². The predicted molar refractivity (Wildman–Crippen MR) is 165 cm³/mol. The van der Waals surface area contributed by atoms with E-state index in [1.54, 1.807) is 31.3 Å². The molecule has 1 unspecified atom stereocenters. The number of fused-ring (bicyclic) bond motifs is 3. The van der Waals surface area contributed by atoms with Crippen molar-refractivity contribution in [1.29, 1.82) is 0 Å². The van der Waals surface area contributed by atoms with E-state index in [9.17, 15) is 18.5 Å². The maximum atomic E-state index is 13.9. The Balaban J connectivity index is 0.000000789. The van der Waals surface area contributed by atoms with Gasteiger partial charge in [0.1, 0.15) is 16.8 Å². The quantitative estimate of drug-likeness (QED) is 0.382. The summed E-state index contributed by atoms with van der Waals surface area (Å²) in [6.45, 7) is 15.9. The summed E-state index contributed by atoms with van der Waals surface area (Å²) in [7, 11) is -1.36. The van der Waals surface area contributed by atoms with Crippen LogP contribution in [0.5, 0.6) is 0 Å². The van der Waals surface area contributed by atoms with Crippen molar-refractivity contribution in [3.63, 3.8) is 0 Å². The van der Waals surface area contributed by atoms with Crippen molar-refractivity contribution in [2.45, 2.75) is 93.2 Å². The van der Waals surface area contributed by atoms with Gasteiger partial charge in [0.25, 0.3) is 0 Å². The van der Waals surface area contributed by atoms with Crippen molar-refractivity contribution in [1.82, 2.24) is 4.98 Å². The fourth-order valence-electron chi connectivity index (χ4n) is 4.63. The second-order valence-electron chi connectivity index (χ2n) is 11.4. The number of carboxylic acid groups (broad SMARTS) is 1. The number of aromatic nitrogens is 1. The Morgan fingerprint density at radius 3 is 2.25 bits per heavy atom. The lowest BCUT2D eigenvalue weighted by molar-refractivity contribution is -0.136. The van der Waals surface area contributed by atoms with Crippen LogP contribution in [0.3, 0.4) is 0 Å². The first-order valence-corrected chi connectivity index (χ1v) is 15.0. The zero-order valence-corrected chi connectivity index (χ0v) is 26.2. The molecule has 2 heterocycles. The number of allylic oxidation sites excluding steroid dienone is 2. The van der Waals surface area contributed by atoms with Crippen LogP contribution < -0.4 is 4.31 Å². The molecule has 2 aliphatic rings. The fourth-order valence-corrected chi connectivity index (χ4v) is 5.45. The molecule has 1 aliphatic carbocycles. The minimum atomic E-state index is -1.36. The third-order valence-electron chi connectivity index (χ3n) is 6.38. The molecule has 2 N–H and O–H groups in total. The molecule has 8 heteroatoms. The number of carbonyl (C=O) groups is 1. The van der Waals surface area contributed by atoms with Crippen LogP contribution in [-0.2, 0) is 28.7 Å². The molecule has 6 nitrogen and oxygen atoms in total. The van der Waals surface area contributed by atoms with Crippen LogP contribution in [-0.4, -0.2) is 37.2 Å². The summed E-state index contributed by atoms with van der Waals surface area (Å²) < 4.78 is 28.2. The number of carboxylic acids is 1. The molecular weight excluding hydrogens is 527 g/mol. The minimum absolute atomic E-state index is 0.108. The molecule has 2 aromatic rings. The Kier molecular flexibility index (Phi) is 12.7. The average molecular weight is 573 g/mol. The average Bonchev–Trinajstić information content (AvgIpc) is 2.86. The Morgan fingerprint density at radius 2 is 1.77 bits per heavy atom. The molecule has 220 valence electrons. The van der Waals surface area contributed by atoms with Crippen molar-refractivity contribution in [2.75, 3.05) is 10.6 Å². The summed E-state index contributed by atoms with van der Waals surface area (Å²) in [5.41, 5.74) is 6.17. The first kappa shape index (κ1) is 35.0. The molecule has 0 spiro atoms. The SMILES string of the molecule is C#C.CC.CC(C)(C)O.Cc1c(CC(=O)O)c(C2=CCC(C)(C)CC2)cc2c1N(S(C)=O)Cc1cc(F)cnc1-2. The van der Waals surface area contributed by atoms with Crippen LogP contribution in [0.15, 0.2) is 24.4 Å². The van der Waals surface area contributed by atoms with Crippen molar-refractivity contribution >= 4 is 28.2 Å². The van der Waals surface area contributed by atoms with E-state index in [2.05, 4.69) is 37.8 Å². The highest BCUT2D eigenvalue weighted by Crippen LogP contribution is 2.47. The van der Waals surface area contributed by atoms with Gasteiger partial charge in [-0.3, -0.25) is 14.1 Å². The molecular formula is C32H45FN2O4S. The van der Waals surface area contributed by atoms with Crippen LogP contribution in [0.2, 0.25) is 0 Å². The number of rotatable bonds is 4. The molecule has 0 amide bonds. The number of anilines is 1. The summed E-state index contributed by atoms with van der Waals surface area (Å²) in [6.07, 6.45) is 15.7. The van der Waals surface area contributed by atoms with Crippen LogP contribution >= 0.6 is 0 Å². The molecule has 0 radical (unpaired) electrons. The monoisotopic (exact) mass is 572 g/mol. The lowest BCUT2D eigenvalue weighted by atomic mass is 9.75. The van der Waals surface area contributed by atoms with Gasteiger partial charge < -0.3 is 10.2 Å². The van der Waals surface area contributed by atoms with Crippen LogP contribution in [0.1, 0.15) is 90.0 Å². The van der Waals surface area contributed by atoms with Gasteiger partial charge >= 0.3 is 5.97 Å². The van der Waals surface area contributed by atoms with Crippen molar-refractivity contribution in [3.05, 3.63) is 52.5 Å². The first-order chi connectivity index (χ1) is 18.6. The lowest BCUT2D eigenvalue weighted by Crippen LogP contribution is -2.30. The lowest BCUT2D eigenvalue weighted by Gasteiger charge is -2.34. The number of aliphatic carboxylic acids is 1. The molecule has 0 bridgehead atoms. The van der Waals surface area contributed by atoms with E-state index >= 15 is 0 Å². The van der Waals surface area contributed by atoms with Crippen molar-refractivity contribution < 1.29 is 23.6 Å². The summed E-state index contributed by atoms with van der Waals surface area (Å²) in [6, 6.07) is 3.42. The number of aliphatic hydroxyl groups is 1. The highest BCUT2D eigenvalue weighted by Gasteiger charge is 2.32. The van der Waals surface area contributed by atoms with Gasteiger partial charge in [0.05, 0.1) is 36.1 Å². The number of nitrogens with zero attached hydrogens (tertiary/aromatic N) is 2. The molecule has 1 atom stereocenters. The fraction of sp³-hybridized carbons (Fsp3) is 0.500. The smallest absolute Gasteiger partial charge is 0.307 e. The Hall–Kier alpha value is -3.02. The predicted octanol–water partition coefficient (Wildman–Crippen LogP) is 7.08. The molecule has 1 aliphatic heterocycles. The Bertz CT molecular complexity index is 1270. The zero-order chi connectivity index (χ0) is 31.0. The summed E-state index contributed by atoms with van der Waals surface area (Å²) in [5.74, 6) is -1.33. The van der Waals surface area contributed by atoms with Gasteiger partial charge in [-0.05, 0) is 86.8 Å². The summed E-state index contributed by atoms with van der Waals surface area (Å²) in [5, 5.41) is 18.1. The van der Waals surface area contributed by atoms with Gasteiger partial charge in [0, 0.05) is 17.4 Å². The number of terminal acetylenes is 1. The molecule has 40 heavy (non-hydrogen) atoms. The standard InChI is InChI=1S/C24H27FN2O3S.C4H10O.C2H6.C2H2/c1-14-18(11-21(28)29)19(15-5-7-24(2,3)8-6-15)10-20-22-16(9-17(25)12-26-22)13-27(23(14)20)31(4)30;1-4(2,3)5;2*1-2/h5,9-10,12H,6-8,11,13H2,1-4H3,(H,28,29);5H,1-3H3;1-2H3;1-2H. The molecule has 4 rings (SSSR count). The first-order valence-electron chi connectivity index (χ1n) is 13.5. The normalized spacial score (nSPS) is 15.7. The van der Waals surface area contributed by atoms with E-state index in [0.29, 0.717) is 11.3 Å². The van der Waals surface area contributed by atoms with Gasteiger partial charge in [-0.15, -0.1) is 12.8 Å². The maximum Gasteiger partial charge on any atom is 0.307 e. The van der Waals surface area contributed by atoms with Gasteiger partial charge in [0.15, 0.2) is 0 Å². The second kappa shape index (κ2) is 14.6. The number of pyridine rings is 1. The minimum Gasteiger partial charge on any atom is -0.481 e. The number of halogens is 1. The van der Waals surface area contributed by atoms with Crippen LogP contribution in [0.4, 0.5) is 10.1 Å². The van der Waals surface area contributed by atoms with Crippen LogP contribution in [0.25, 0.3) is 16.8 Å².